The zero-order chi connectivity index (χ0) is 13.8. The summed E-state index contributed by atoms with van der Waals surface area (Å²) in [5.41, 5.74) is 1.95. The normalized spacial score (nSPS) is 11.5. The van der Waals surface area contributed by atoms with Gasteiger partial charge in [-0.2, -0.15) is 0 Å². The fourth-order valence-corrected chi connectivity index (χ4v) is 1.96. The van der Waals surface area contributed by atoms with Crippen LogP contribution in [0.4, 0.5) is 0 Å². The highest BCUT2D eigenvalue weighted by molar-refractivity contribution is 9.10. The van der Waals surface area contributed by atoms with Crippen LogP contribution in [0.25, 0.3) is 0 Å². The van der Waals surface area contributed by atoms with Crippen molar-refractivity contribution in [3.05, 3.63) is 58.1 Å². The van der Waals surface area contributed by atoms with Crippen molar-refractivity contribution in [1.29, 1.82) is 0 Å². The number of phenols is 2. The third kappa shape index (κ3) is 3.26. The van der Waals surface area contributed by atoms with Gasteiger partial charge >= 0.3 is 0 Å². The van der Waals surface area contributed by atoms with Crippen LogP contribution in [0.5, 0.6) is 11.5 Å². The molecule has 0 aliphatic heterocycles. The van der Waals surface area contributed by atoms with Crippen LogP contribution in [0.2, 0.25) is 0 Å². The predicted octanol–water partition coefficient (Wildman–Crippen LogP) is 3.28. The second kappa shape index (κ2) is 5.75. The summed E-state index contributed by atoms with van der Waals surface area (Å²) in [5, 5.41) is 31.1. The lowest BCUT2D eigenvalue weighted by Gasteiger charge is -2.06. The summed E-state index contributed by atoms with van der Waals surface area (Å²) >= 11 is 3.35. The molecule has 0 atom stereocenters. The number of halogens is 1. The first-order valence-corrected chi connectivity index (χ1v) is 6.37. The Morgan fingerprint density at radius 1 is 1.00 bits per heavy atom. The highest BCUT2D eigenvalue weighted by Crippen LogP contribution is 2.25. The van der Waals surface area contributed by atoms with Crippen molar-refractivity contribution in [3.63, 3.8) is 0 Å². The standard InChI is InChI=1S/C14H12BrNO3/c15-11-4-1-9(2-5-11)7-12(16-19)10-3-6-13(17)14(18)8-10/h1-6,8,17-19H,7H2/b16-12+. The first-order valence-electron chi connectivity index (χ1n) is 5.58. The van der Waals surface area contributed by atoms with E-state index in [1.165, 1.54) is 12.1 Å². The number of rotatable bonds is 3. The molecule has 0 saturated heterocycles. The molecule has 0 aliphatic carbocycles. The third-order valence-corrected chi connectivity index (χ3v) is 3.24. The quantitative estimate of drug-likeness (QED) is 0.351. The highest BCUT2D eigenvalue weighted by Gasteiger charge is 2.09. The molecule has 19 heavy (non-hydrogen) atoms. The fraction of sp³-hybridized carbons (Fsp3) is 0.0714. The minimum absolute atomic E-state index is 0.204. The number of benzene rings is 2. The lowest BCUT2D eigenvalue weighted by atomic mass is 10.0. The number of hydrogen-bond acceptors (Lipinski definition) is 4. The molecule has 2 aromatic carbocycles. The maximum Gasteiger partial charge on any atom is 0.158 e. The summed E-state index contributed by atoms with van der Waals surface area (Å²) in [5.74, 6) is -0.445. The fourth-order valence-electron chi connectivity index (χ4n) is 1.69. The molecule has 0 heterocycles. The number of nitrogens with zero attached hydrogens (tertiary/aromatic N) is 1. The van der Waals surface area contributed by atoms with E-state index in [2.05, 4.69) is 21.1 Å². The van der Waals surface area contributed by atoms with Gasteiger partial charge in [0.05, 0.1) is 5.71 Å². The monoisotopic (exact) mass is 321 g/mol. The van der Waals surface area contributed by atoms with Gasteiger partial charge in [-0.15, -0.1) is 0 Å². The Bertz CT molecular complexity index is 609. The van der Waals surface area contributed by atoms with Crippen LogP contribution in [0.15, 0.2) is 52.1 Å². The van der Waals surface area contributed by atoms with Crippen molar-refractivity contribution in [1.82, 2.24) is 0 Å². The average molecular weight is 322 g/mol. The Morgan fingerprint density at radius 2 is 1.68 bits per heavy atom. The Hall–Kier alpha value is -2.01. The molecule has 0 aromatic heterocycles. The van der Waals surface area contributed by atoms with Crippen LogP contribution in [-0.2, 0) is 6.42 Å². The van der Waals surface area contributed by atoms with Gasteiger partial charge in [0, 0.05) is 16.5 Å². The van der Waals surface area contributed by atoms with Gasteiger partial charge in [-0.25, -0.2) is 0 Å². The Labute approximate surface area is 118 Å². The molecule has 0 unspecified atom stereocenters. The molecule has 2 aromatic rings. The van der Waals surface area contributed by atoms with Gasteiger partial charge < -0.3 is 15.4 Å². The lowest BCUT2D eigenvalue weighted by molar-refractivity contribution is 0.318. The number of phenolic OH excluding ortho intramolecular Hbond substituents is 2. The Morgan fingerprint density at radius 3 is 2.26 bits per heavy atom. The Kier molecular flexibility index (Phi) is 4.06. The summed E-state index contributed by atoms with van der Waals surface area (Å²) in [4.78, 5) is 0. The largest absolute Gasteiger partial charge is 0.504 e. The molecular weight excluding hydrogens is 310 g/mol. The topological polar surface area (TPSA) is 73.1 Å². The van der Waals surface area contributed by atoms with Gasteiger partial charge in [0.25, 0.3) is 0 Å². The van der Waals surface area contributed by atoms with Gasteiger partial charge in [0.2, 0.25) is 0 Å². The molecule has 2 rings (SSSR count). The molecular formula is C14H12BrNO3. The summed E-state index contributed by atoms with van der Waals surface area (Å²) in [6.07, 6.45) is 0.425. The van der Waals surface area contributed by atoms with Crippen LogP contribution >= 0.6 is 15.9 Å². The second-order valence-electron chi connectivity index (χ2n) is 4.05. The summed E-state index contributed by atoms with van der Waals surface area (Å²) < 4.78 is 0.973. The molecule has 4 nitrogen and oxygen atoms in total. The van der Waals surface area contributed by atoms with Crippen LogP contribution < -0.4 is 0 Å². The Balaban J connectivity index is 2.25. The maximum atomic E-state index is 9.45. The van der Waals surface area contributed by atoms with E-state index in [0.717, 1.165) is 10.0 Å². The zero-order valence-corrected chi connectivity index (χ0v) is 11.5. The first kappa shape index (κ1) is 13.4. The molecule has 0 spiro atoms. The first-order chi connectivity index (χ1) is 9.10. The summed E-state index contributed by atoms with van der Waals surface area (Å²) in [6, 6.07) is 11.9. The number of aromatic hydroxyl groups is 2. The minimum atomic E-state index is -0.241. The number of oxime groups is 1. The van der Waals surface area contributed by atoms with Crippen LogP contribution in [0.3, 0.4) is 0 Å². The molecule has 0 bridgehead atoms. The zero-order valence-electron chi connectivity index (χ0n) is 9.92. The van der Waals surface area contributed by atoms with Crippen molar-refractivity contribution in [2.45, 2.75) is 6.42 Å². The van der Waals surface area contributed by atoms with E-state index in [9.17, 15) is 10.2 Å². The molecule has 3 N–H and O–H groups in total. The molecule has 0 amide bonds. The minimum Gasteiger partial charge on any atom is -0.504 e. The molecule has 0 radical (unpaired) electrons. The molecule has 0 fully saturated rings. The van der Waals surface area contributed by atoms with Crippen molar-refractivity contribution >= 4 is 21.6 Å². The molecule has 0 saturated carbocycles. The van der Waals surface area contributed by atoms with Crippen molar-refractivity contribution in [2.24, 2.45) is 5.16 Å². The van der Waals surface area contributed by atoms with Crippen molar-refractivity contribution in [2.75, 3.05) is 0 Å². The van der Waals surface area contributed by atoms with E-state index in [4.69, 9.17) is 5.21 Å². The van der Waals surface area contributed by atoms with Crippen LogP contribution in [0.1, 0.15) is 11.1 Å². The van der Waals surface area contributed by atoms with E-state index in [1.54, 1.807) is 6.07 Å². The SMILES string of the molecule is O/N=C(\Cc1ccc(Br)cc1)c1ccc(O)c(O)c1. The van der Waals surface area contributed by atoms with Crippen LogP contribution in [-0.4, -0.2) is 21.1 Å². The van der Waals surface area contributed by atoms with Gasteiger partial charge in [0.1, 0.15) is 0 Å². The van der Waals surface area contributed by atoms with Gasteiger partial charge in [-0.1, -0.05) is 33.2 Å². The second-order valence-corrected chi connectivity index (χ2v) is 4.97. The van der Waals surface area contributed by atoms with Gasteiger partial charge in [-0.3, -0.25) is 0 Å². The van der Waals surface area contributed by atoms with Gasteiger partial charge in [0.15, 0.2) is 11.5 Å². The van der Waals surface area contributed by atoms with E-state index in [1.807, 2.05) is 24.3 Å². The molecule has 0 aliphatic rings. The highest BCUT2D eigenvalue weighted by atomic mass is 79.9. The van der Waals surface area contributed by atoms with Gasteiger partial charge in [-0.05, 0) is 35.9 Å². The van der Waals surface area contributed by atoms with Crippen molar-refractivity contribution in [3.8, 4) is 11.5 Å². The molecule has 5 heteroatoms. The lowest BCUT2D eigenvalue weighted by Crippen LogP contribution is -2.05. The number of hydrogen-bond donors (Lipinski definition) is 3. The van der Waals surface area contributed by atoms with Crippen molar-refractivity contribution < 1.29 is 15.4 Å². The van der Waals surface area contributed by atoms with E-state index >= 15 is 0 Å². The van der Waals surface area contributed by atoms with E-state index in [-0.39, 0.29) is 11.5 Å². The molecule has 98 valence electrons. The smallest absolute Gasteiger partial charge is 0.158 e. The van der Waals surface area contributed by atoms with E-state index < -0.39 is 0 Å². The van der Waals surface area contributed by atoms with Crippen LogP contribution in [0, 0.1) is 0 Å². The summed E-state index contributed by atoms with van der Waals surface area (Å²) in [7, 11) is 0. The maximum absolute atomic E-state index is 9.45. The third-order valence-electron chi connectivity index (χ3n) is 2.71. The predicted molar refractivity (Wildman–Crippen MR) is 75.9 cm³/mol. The average Bonchev–Trinajstić information content (AvgIpc) is 2.41. The summed E-state index contributed by atoms with van der Waals surface area (Å²) in [6.45, 7) is 0. The van der Waals surface area contributed by atoms with E-state index in [0.29, 0.717) is 17.7 Å².